The summed E-state index contributed by atoms with van der Waals surface area (Å²) in [5.74, 6) is 0. The van der Waals surface area contributed by atoms with Gasteiger partial charge >= 0.3 is 0 Å². The first-order chi connectivity index (χ1) is 10.4. The van der Waals surface area contributed by atoms with Crippen LogP contribution in [0.5, 0.6) is 0 Å². The predicted molar refractivity (Wildman–Crippen MR) is 86.1 cm³/mol. The lowest BCUT2D eigenvalue weighted by Gasteiger charge is -1.99. The molecule has 110 valence electrons. The highest BCUT2D eigenvalue weighted by molar-refractivity contribution is 5.83. The number of hydrogen-bond acceptors (Lipinski definition) is 0. The second-order valence-corrected chi connectivity index (χ2v) is 5.42. The fourth-order valence-corrected chi connectivity index (χ4v) is 2.91. The molecule has 0 radical (unpaired) electrons. The van der Waals surface area contributed by atoms with Crippen LogP contribution < -0.4 is 21.5 Å². The molecular formula is C19H17BrN2. The van der Waals surface area contributed by atoms with Gasteiger partial charge in [-0.2, -0.15) is 0 Å². The maximum Gasteiger partial charge on any atom is 0.176 e. The Kier molecular flexibility index (Phi) is 4.25. The minimum absolute atomic E-state index is 0. The average Bonchev–Trinajstić information content (AvgIpc) is 2.96. The number of rotatable bonds is 3. The van der Waals surface area contributed by atoms with Gasteiger partial charge in [0.1, 0.15) is 0 Å². The van der Waals surface area contributed by atoms with Crippen LogP contribution in [0, 0.1) is 0 Å². The average molecular weight is 353 g/mol. The highest BCUT2D eigenvalue weighted by Gasteiger charge is 2.07. The zero-order chi connectivity index (χ0) is 14.1. The molecular weight excluding hydrogens is 336 g/mol. The Hall–Kier alpha value is -2.13. The predicted octanol–water partition coefficient (Wildman–Crippen LogP) is 0.855. The Morgan fingerprint density at radius 1 is 0.864 bits per heavy atom. The fourth-order valence-electron chi connectivity index (χ4n) is 2.91. The second-order valence-electron chi connectivity index (χ2n) is 5.42. The molecule has 4 aromatic rings. The van der Waals surface area contributed by atoms with E-state index in [0.717, 1.165) is 13.0 Å². The number of aryl methyl sites for hydroxylation is 2. The maximum atomic E-state index is 3.34. The molecule has 22 heavy (non-hydrogen) atoms. The van der Waals surface area contributed by atoms with Crippen molar-refractivity contribution < 1.29 is 21.5 Å². The molecule has 0 spiro atoms. The molecule has 0 fully saturated rings. The third-order valence-electron chi connectivity index (χ3n) is 4.06. The van der Waals surface area contributed by atoms with Crippen LogP contribution in [0.25, 0.3) is 21.7 Å². The van der Waals surface area contributed by atoms with Crippen molar-refractivity contribution in [2.24, 2.45) is 0 Å². The largest absolute Gasteiger partial charge is 1.00 e. The van der Waals surface area contributed by atoms with E-state index in [1.807, 2.05) is 0 Å². The number of aromatic nitrogens is 2. The standard InChI is InChI=1S/C19H17N2.BrH/c1-2-6-17-14-21(11-9-15(17)5-1)12-10-16-13-20-19-8-4-3-7-18(16)19;/h1-9,11,13-14,20H,10,12H2;1H/q+1;/p-1. The molecule has 0 aliphatic rings. The number of para-hydroxylation sites is 1. The van der Waals surface area contributed by atoms with E-state index in [9.17, 15) is 0 Å². The van der Waals surface area contributed by atoms with Gasteiger partial charge in [-0.3, -0.25) is 0 Å². The summed E-state index contributed by atoms with van der Waals surface area (Å²) in [6, 6.07) is 19.2. The highest BCUT2D eigenvalue weighted by atomic mass is 79.9. The lowest BCUT2D eigenvalue weighted by atomic mass is 10.1. The molecule has 0 atom stereocenters. The topological polar surface area (TPSA) is 19.7 Å². The van der Waals surface area contributed by atoms with Crippen LogP contribution in [0.1, 0.15) is 5.56 Å². The lowest BCUT2D eigenvalue weighted by Crippen LogP contribution is -3.00. The Morgan fingerprint density at radius 2 is 1.64 bits per heavy atom. The van der Waals surface area contributed by atoms with Crippen molar-refractivity contribution in [3.05, 3.63) is 78.8 Å². The van der Waals surface area contributed by atoms with Crippen LogP contribution in [-0.2, 0) is 13.0 Å². The van der Waals surface area contributed by atoms with E-state index in [1.54, 1.807) is 0 Å². The van der Waals surface area contributed by atoms with E-state index in [0.29, 0.717) is 0 Å². The second kappa shape index (κ2) is 6.32. The molecule has 2 aromatic heterocycles. The fraction of sp³-hybridized carbons (Fsp3) is 0.105. The minimum Gasteiger partial charge on any atom is -1.00 e. The zero-order valence-electron chi connectivity index (χ0n) is 12.2. The van der Waals surface area contributed by atoms with Gasteiger partial charge < -0.3 is 22.0 Å². The van der Waals surface area contributed by atoms with Gasteiger partial charge in [0.25, 0.3) is 0 Å². The summed E-state index contributed by atoms with van der Waals surface area (Å²) in [4.78, 5) is 3.34. The summed E-state index contributed by atoms with van der Waals surface area (Å²) < 4.78 is 2.27. The first-order valence-corrected chi connectivity index (χ1v) is 7.33. The van der Waals surface area contributed by atoms with E-state index < -0.39 is 0 Å². The zero-order valence-corrected chi connectivity index (χ0v) is 13.8. The molecule has 2 heterocycles. The van der Waals surface area contributed by atoms with Crippen LogP contribution in [0.4, 0.5) is 0 Å². The van der Waals surface area contributed by atoms with Gasteiger partial charge in [-0.25, -0.2) is 4.57 Å². The van der Waals surface area contributed by atoms with Crippen LogP contribution >= 0.6 is 0 Å². The number of fused-ring (bicyclic) bond motifs is 2. The number of H-pyrrole nitrogens is 1. The molecule has 1 N–H and O–H groups in total. The summed E-state index contributed by atoms with van der Waals surface area (Å²) >= 11 is 0. The Labute approximate surface area is 140 Å². The molecule has 4 rings (SSSR count). The van der Waals surface area contributed by atoms with Gasteiger partial charge in [0, 0.05) is 35.0 Å². The number of aromatic amines is 1. The van der Waals surface area contributed by atoms with Gasteiger partial charge in [-0.15, -0.1) is 0 Å². The maximum absolute atomic E-state index is 3.34. The molecule has 2 nitrogen and oxygen atoms in total. The van der Waals surface area contributed by atoms with Crippen LogP contribution in [0.3, 0.4) is 0 Å². The SMILES string of the molecule is [Br-].c1ccc2c[n+](CCc3c[nH]c4ccccc34)ccc2c1. The van der Waals surface area contributed by atoms with Gasteiger partial charge in [0.15, 0.2) is 18.9 Å². The third kappa shape index (κ3) is 2.77. The van der Waals surface area contributed by atoms with Crippen molar-refractivity contribution in [2.45, 2.75) is 13.0 Å². The molecule has 0 aliphatic heterocycles. The molecule has 2 aromatic carbocycles. The highest BCUT2D eigenvalue weighted by Crippen LogP contribution is 2.18. The van der Waals surface area contributed by atoms with Gasteiger partial charge in [0.2, 0.25) is 0 Å². The van der Waals surface area contributed by atoms with Crippen molar-refractivity contribution in [1.29, 1.82) is 0 Å². The van der Waals surface area contributed by atoms with Crippen molar-refractivity contribution in [2.75, 3.05) is 0 Å². The van der Waals surface area contributed by atoms with E-state index in [4.69, 9.17) is 0 Å². The normalized spacial score (nSPS) is 10.7. The Bertz CT molecular complexity index is 911. The first-order valence-electron chi connectivity index (χ1n) is 7.33. The molecule has 0 saturated carbocycles. The van der Waals surface area contributed by atoms with Gasteiger partial charge in [-0.05, 0) is 23.1 Å². The lowest BCUT2D eigenvalue weighted by molar-refractivity contribution is -0.695. The summed E-state index contributed by atoms with van der Waals surface area (Å²) in [5, 5.41) is 3.92. The molecule has 0 unspecified atom stereocenters. The van der Waals surface area contributed by atoms with E-state index in [-0.39, 0.29) is 17.0 Å². The number of pyridine rings is 1. The number of hydrogen-bond donors (Lipinski definition) is 1. The molecule has 0 amide bonds. The third-order valence-corrected chi connectivity index (χ3v) is 4.06. The van der Waals surface area contributed by atoms with Gasteiger partial charge in [0.05, 0.1) is 0 Å². The minimum atomic E-state index is 0. The quantitative estimate of drug-likeness (QED) is 0.527. The summed E-state index contributed by atoms with van der Waals surface area (Å²) in [5.41, 5.74) is 2.60. The first kappa shape index (κ1) is 14.8. The van der Waals surface area contributed by atoms with Crippen LogP contribution in [-0.4, -0.2) is 4.98 Å². The smallest absolute Gasteiger partial charge is 0.176 e. The summed E-state index contributed by atoms with van der Waals surface area (Å²) in [7, 11) is 0. The van der Waals surface area contributed by atoms with E-state index >= 15 is 0 Å². The van der Waals surface area contributed by atoms with E-state index in [1.165, 1.54) is 27.2 Å². The van der Waals surface area contributed by atoms with Crippen molar-refractivity contribution in [3.63, 3.8) is 0 Å². The van der Waals surface area contributed by atoms with Crippen molar-refractivity contribution in [3.8, 4) is 0 Å². The monoisotopic (exact) mass is 352 g/mol. The van der Waals surface area contributed by atoms with E-state index in [2.05, 4.69) is 82.7 Å². The van der Waals surface area contributed by atoms with Gasteiger partial charge in [-0.1, -0.05) is 36.4 Å². The number of nitrogens with zero attached hydrogens (tertiary/aromatic N) is 1. The number of nitrogens with one attached hydrogen (secondary N) is 1. The van der Waals surface area contributed by atoms with Crippen LogP contribution in [0.15, 0.2) is 73.2 Å². The summed E-state index contributed by atoms with van der Waals surface area (Å²) in [6.45, 7) is 0.993. The Balaban J connectivity index is 0.00000144. The molecule has 3 heteroatoms. The summed E-state index contributed by atoms with van der Waals surface area (Å²) in [6.07, 6.45) is 7.56. The Morgan fingerprint density at radius 3 is 2.55 bits per heavy atom. The van der Waals surface area contributed by atoms with Crippen molar-refractivity contribution >= 4 is 21.7 Å². The molecule has 0 aliphatic carbocycles. The molecule has 0 saturated heterocycles. The number of halogens is 1. The van der Waals surface area contributed by atoms with Crippen molar-refractivity contribution in [1.82, 2.24) is 4.98 Å². The molecule has 0 bridgehead atoms. The van der Waals surface area contributed by atoms with Crippen LogP contribution in [0.2, 0.25) is 0 Å². The number of benzene rings is 2.